The summed E-state index contributed by atoms with van der Waals surface area (Å²) in [5, 5.41) is 1.10. The minimum Gasteiger partial charge on any atom is -0.299 e. The Bertz CT molecular complexity index is 460. The van der Waals surface area contributed by atoms with Crippen molar-refractivity contribution >= 4 is 57.4 Å². The minimum atomic E-state index is -0.0968. The molecule has 0 bridgehead atoms. The van der Waals surface area contributed by atoms with E-state index in [2.05, 4.69) is 22.6 Å². The lowest BCUT2D eigenvalue weighted by atomic mass is 9.82. The summed E-state index contributed by atoms with van der Waals surface area (Å²) in [6.07, 6.45) is 0.852. The normalized spacial score (nSPS) is 17.6. The molecule has 0 atom stereocenters. The van der Waals surface area contributed by atoms with E-state index in [1.54, 1.807) is 12.1 Å². The van der Waals surface area contributed by atoms with Crippen molar-refractivity contribution in [2.45, 2.75) is 25.2 Å². The standard InChI is InChI=1S/C12H9Cl2IO2/c13-7-3-10(14)12(11(15)4-7)6-1-8(16)5-9(17)2-6/h3-4,6H,1-2,5H2. The highest BCUT2D eigenvalue weighted by Crippen LogP contribution is 2.38. The molecule has 2 nitrogen and oxygen atoms in total. The van der Waals surface area contributed by atoms with Crippen LogP contribution >= 0.6 is 45.8 Å². The first-order valence-corrected chi connectivity index (χ1v) is 6.98. The lowest BCUT2D eigenvalue weighted by Crippen LogP contribution is -2.22. The maximum absolute atomic E-state index is 11.5. The first kappa shape index (κ1) is 13.3. The minimum absolute atomic E-state index is 0.00642. The molecule has 1 aliphatic rings. The van der Waals surface area contributed by atoms with Gasteiger partial charge in [-0.05, 0) is 40.3 Å². The third-order valence-electron chi connectivity index (χ3n) is 2.79. The van der Waals surface area contributed by atoms with Crippen LogP contribution in [0, 0.1) is 3.57 Å². The number of hydrogen-bond donors (Lipinski definition) is 0. The topological polar surface area (TPSA) is 34.1 Å². The number of ketones is 2. The molecule has 1 saturated carbocycles. The molecule has 0 N–H and O–H groups in total. The van der Waals surface area contributed by atoms with E-state index in [1.807, 2.05) is 0 Å². The molecule has 0 spiro atoms. The largest absolute Gasteiger partial charge is 0.299 e. The van der Waals surface area contributed by atoms with E-state index in [9.17, 15) is 9.59 Å². The van der Waals surface area contributed by atoms with Crippen LogP contribution in [0.3, 0.4) is 0 Å². The zero-order valence-electron chi connectivity index (χ0n) is 8.80. The third kappa shape index (κ3) is 3.01. The predicted octanol–water partition coefficient (Wildman–Crippen LogP) is 4.00. The molecular formula is C12H9Cl2IO2. The molecule has 0 unspecified atom stereocenters. The number of benzene rings is 1. The Morgan fingerprint density at radius 3 is 2.24 bits per heavy atom. The number of carbonyl (C=O) groups excluding carboxylic acids is 2. The molecule has 5 heteroatoms. The highest BCUT2D eigenvalue weighted by Gasteiger charge is 2.29. The van der Waals surface area contributed by atoms with E-state index in [0.717, 1.165) is 9.13 Å². The number of rotatable bonds is 1. The average molecular weight is 383 g/mol. The van der Waals surface area contributed by atoms with Crippen LogP contribution in [0.25, 0.3) is 0 Å². The van der Waals surface area contributed by atoms with Gasteiger partial charge in [-0.1, -0.05) is 23.2 Å². The number of halogens is 3. The van der Waals surface area contributed by atoms with Gasteiger partial charge in [0.05, 0.1) is 6.42 Å². The van der Waals surface area contributed by atoms with Gasteiger partial charge in [-0.2, -0.15) is 0 Å². The maximum Gasteiger partial charge on any atom is 0.140 e. The Morgan fingerprint density at radius 2 is 1.71 bits per heavy atom. The van der Waals surface area contributed by atoms with Gasteiger partial charge in [-0.25, -0.2) is 0 Å². The smallest absolute Gasteiger partial charge is 0.140 e. The van der Waals surface area contributed by atoms with Crippen LogP contribution in [-0.4, -0.2) is 11.6 Å². The molecular weight excluding hydrogens is 374 g/mol. The van der Waals surface area contributed by atoms with E-state index in [1.165, 1.54) is 0 Å². The van der Waals surface area contributed by atoms with E-state index in [-0.39, 0.29) is 23.9 Å². The molecule has 0 aliphatic heterocycles. The molecule has 2 rings (SSSR count). The Kier molecular flexibility index (Phi) is 4.10. The fourth-order valence-corrected chi connectivity index (χ4v) is 4.19. The fourth-order valence-electron chi connectivity index (χ4n) is 2.13. The fraction of sp³-hybridized carbons (Fsp3) is 0.333. The molecule has 1 aliphatic carbocycles. The van der Waals surface area contributed by atoms with Gasteiger partial charge in [0.2, 0.25) is 0 Å². The maximum atomic E-state index is 11.5. The SMILES string of the molecule is O=C1CC(=O)CC(c2c(Cl)cc(Cl)cc2I)C1. The second-order valence-corrected chi connectivity index (χ2v) is 6.15. The second-order valence-electron chi connectivity index (χ2n) is 4.14. The van der Waals surface area contributed by atoms with Crippen molar-refractivity contribution in [2.24, 2.45) is 0 Å². The van der Waals surface area contributed by atoms with Crippen molar-refractivity contribution in [3.05, 3.63) is 31.3 Å². The Morgan fingerprint density at radius 1 is 1.12 bits per heavy atom. The van der Waals surface area contributed by atoms with Crippen molar-refractivity contribution in [1.82, 2.24) is 0 Å². The Hall–Kier alpha value is -0.130. The summed E-state index contributed by atoms with van der Waals surface area (Å²) < 4.78 is 0.910. The van der Waals surface area contributed by atoms with Crippen LogP contribution in [0.4, 0.5) is 0 Å². The first-order chi connectivity index (χ1) is 7.97. The monoisotopic (exact) mass is 382 g/mol. The summed E-state index contributed by atoms with van der Waals surface area (Å²) in [7, 11) is 0. The quantitative estimate of drug-likeness (QED) is 0.543. The number of carbonyl (C=O) groups is 2. The highest BCUT2D eigenvalue weighted by molar-refractivity contribution is 14.1. The van der Waals surface area contributed by atoms with Crippen molar-refractivity contribution in [3.8, 4) is 0 Å². The molecule has 90 valence electrons. The summed E-state index contributed by atoms with van der Waals surface area (Å²) >= 11 is 14.2. The molecule has 17 heavy (non-hydrogen) atoms. The molecule has 1 aromatic carbocycles. The molecule has 0 saturated heterocycles. The van der Waals surface area contributed by atoms with Crippen LogP contribution in [0.1, 0.15) is 30.7 Å². The van der Waals surface area contributed by atoms with Gasteiger partial charge >= 0.3 is 0 Å². The van der Waals surface area contributed by atoms with Gasteiger partial charge in [-0.3, -0.25) is 9.59 Å². The van der Waals surface area contributed by atoms with Crippen molar-refractivity contribution in [2.75, 3.05) is 0 Å². The third-order valence-corrected chi connectivity index (χ3v) is 4.22. The summed E-state index contributed by atoms with van der Waals surface area (Å²) in [5.74, 6) is -0.110. The zero-order chi connectivity index (χ0) is 12.6. The van der Waals surface area contributed by atoms with Crippen LogP contribution in [0.2, 0.25) is 10.0 Å². The highest BCUT2D eigenvalue weighted by atomic mass is 127. The van der Waals surface area contributed by atoms with E-state index in [4.69, 9.17) is 23.2 Å². The van der Waals surface area contributed by atoms with Crippen LogP contribution in [0.15, 0.2) is 12.1 Å². The van der Waals surface area contributed by atoms with E-state index >= 15 is 0 Å². The molecule has 0 amide bonds. The first-order valence-electron chi connectivity index (χ1n) is 5.15. The van der Waals surface area contributed by atoms with E-state index in [0.29, 0.717) is 22.9 Å². The van der Waals surface area contributed by atoms with Crippen molar-refractivity contribution in [3.63, 3.8) is 0 Å². The van der Waals surface area contributed by atoms with Crippen LogP contribution in [0.5, 0.6) is 0 Å². The lowest BCUT2D eigenvalue weighted by molar-refractivity contribution is -0.130. The molecule has 0 aromatic heterocycles. The number of hydrogen-bond acceptors (Lipinski definition) is 2. The van der Waals surface area contributed by atoms with Crippen LogP contribution < -0.4 is 0 Å². The van der Waals surface area contributed by atoms with Gasteiger partial charge in [0.15, 0.2) is 0 Å². The summed E-state index contributed by atoms with van der Waals surface area (Å²) in [6.45, 7) is 0. The zero-order valence-corrected chi connectivity index (χ0v) is 12.5. The predicted molar refractivity (Wildman–Crippen MR) is 75.8 cm³/mol. The summed E-state index contributed by atoms with van der Waals surface area (Å²) in [6, 6.07) is 3.46. The Balaban J connectivity index is 2.40. The lowest BCUT2D eigenvalue weighted by Gasteiger charge is -2.22. The second kappa shape index (κ2) is 5.24. The van der Waals surface area contributed by atoms with Gasteiger partial charge in [0.25, 0.3) is 0 Å². The van der Waals surface area contributed by atoms with Crippen LogP contribution in [-0.2, 0) is 9.59 Å². The molecule has 0 radical (unpaired) electrons. The molecule has 1 fully saturated rings. The number of Topliss-reactive ketones (excluding diaryl/α,β-unsaturated/α-hetero) is 2. The average Bonchev–Trinajstić information content (AvgIpc) is 2.13. The molecule has 0 heterocycles. The summed E-state index contributed by atoms with van der Waals surface area (Å²) in [4.78, 5) is 22.9. The van der Waals surface area contributed by atoms with Gasteiger partial charge in [-0.15, -0.1) is 0 Å². The van der Waals surface area contributed by atoms with E-state index < -0.39 is 0 Å². The van der Waals surface area contributed by atoms with Crippen molar-refractivity contribution in [1.29, 1.82) is 0 Å². The van der Waals surface area contributed by atoms with Gasteiger partial charge < -0.3 is 0 Å². The summed E-state index contributed by atoms with van der Waals surface area (Å²) in [5.41, 5.74) is 0.873. The van der Waals surface area contributed by atoms with Crippen molar-refractivity contribution < 1.29 is 9.59 Å². The van der Waals surface area contributed by atoms with Gasteiger partial charge in [0.1, 0.15) is 11.6 Å². The Labute approximate surface area is 123 Å². The molecule has 1 aromatic rings. The van der Waals surface area contributed by atoms with Gasteiger partial charge in [0, 0.05) is 32.4 Å².